The highest BCUT2D eigenvalue weighted by Crippen LogP contribution is 2.36. The third-order valence-electron chi connectivity index (χ3n) is 4.27. The molecule has 0 aromatic carbocycles. The number of carbonyl (C=O) groups excluding carboxylic acids is 3. The largest absolute Gasteiger partial charge is 0.463 e. The summed E-state index contributed by atoms with van der Waals surface area (Å²) in [6.07, 6.45) is -2.72. The fourth-order valence-electron chi connectivity index (χ4n) is 3.24. The van der Waals surface area contributed by atoms with Gasteiger partial charge in [-0.3, -0.25) is 14.4 Å². The molecule has 2 N–H and O–H groups in total. The fourth-order valence-corrected chi connectivity index (χ4v) is 3.24. The van der Waals surface area contributed by atoms with Crippen molar-refractivity contribution >= 4 is 34.8 Å². The van der Waals surface area contributed by atoms with Crippen LogP contribution in [0.2, 0.25) is 0 Å². The van der Waals surface area contributed by atoms with Crippen LogP contribution in [-0.4, -0.2) is 62.6 Å². The van der Waals surface area contributed by atoms with Crippen LogP contribution in [0.15, 0.2) is 6.33 Å². The molecule has 2 aromatic heterocycles. The number of fused-ring (bicyclic) bond motifs is 1. The Balaban J connectivity index is 2.05. The van der Waals surface area contributed by atoms with Crippen molar-refractivity contribution in [1.29, 1.82) is 0 Å². The standard InChI is InChI=1S/C17H21N5O7/c1-7-12-15(18)19-6-20-16(12)22(21-7)17-14(28-10(4)25)13(27-9(3)24)11(29-17)5-26-8(2)23/h6,11,13-14,17H,5H2,1-4H3,(H2,18,19,20)/t11-,13-,14-,17-/m1/s1. The van der Waals surface area contributed by atoms with E-state index in [2.05, 4.69) is 15.1 Å². The number of esters is 3. The molecule has 12 nitrogen and oxygen atoms in total. The summed E-state index contributed by atoms with van der Waals surface area (Å²) in [4.78, 5) is 42.8. The molecule has 1 saturated heterocycles. The van der Waals surface area contributed by atoms with Crippen LogP contribution in [-0.2, 0) is 33.3 Å². The van der Waals surface area contributed by atoms with Crippen LogP contribution in [0, 0.1) is 6.92 Å². The lowest BCUT2D eigenvalue weighted by molar-refractivity contribution is -0.166. The van der Waals surface area contributed by atoms with E-state index in [4.69, 9.17) is 24.7 Å². The van der Waals surface area contributed by atoms with Gasteiger partial charge in [0.05, 0.1) is 11.1 Å². The van der Waals surface area contributed by atoms with Crippen LogP contribution >= 0.6 is 0 Å². The predicted molar refractivity (Wildman–Crippen MR) is 96.1 cm³/mol. The fraction of sp³-hybridized carbons (Fsp3) is 0.529. The second kappa shape index (κ2) is 7.99. The number of anilines is 1. The average molecular weight is 407 g/mol. The first-order valence-corrected chi connectivity index (χ1v) is 8.77. The Morgan fingerprint density at radius 1 is 1.10 bits per heavy atom. The maximum absolute atomic E-state index is 11.7. The van der Waals surface area contributed by atoms with E-state index >= 15 is 0 Å². The number of nitrogen functional groups attached to an aromatic ring is 1. The first-order chi connectivity index (χ1) is 13.7. The lowest BCUT2D eigenvalue weighted by atomic mass is 10.1. The van der Waals surface area contributed by atoms with E-state index in [1.807, 2.05) is 0 Å². The third kappa shape index (κ3) is 4.11. The molecule has 0 spiro atoms. The van der Waals surface area contributed by atoms with Gasteiger partial charge in [0.1, 0.15) is 24.9 Å². The van der Waals surface area contributed by atoms with E-state index < -0.39 is 42.4 Å². The molecule has 156 valence electrons. The van der Waals surface area contributed by atoms with E-state index in [0.717, 1.165) is 0 Å². The number of hydrogen-bond acceptors (Lipinski definition) is 11. The number of aromatic nitrogens is 4. The molecule has 3 rings (SSSR count). The summed E-state index contributed by atoms with van der Waals surface area (Å²) in [7, 11) is 0. The Bertz CT molecular complexity index is 959. The van der Waals surface area contributed by atoms with Gasteiger partial charge in [0, 0.05) is 20.8 Å². The van der Waals surface area contributed by atoms with Crippen LogP contribution in [0.5, 0.6) is 0 Å². The summed E-state index contributed by atoms with van der Waals surface area (Å²) in [5, 5.41) is 4.92. The maximum atomic E-state index is 11.7. The lowest BCUT2D eigenvalue weighted by Crippen LogP contribution is -2.40. The van der Waals surface area contributed by atoms with Gasteiger partial charge < -0.3 is 24.7 Å². The predicted octanol–water partition coefficient (Wildman–Crippen LogP) is 0.0408. The van der Waals surface area contributed by atoms with Gasteiger partial charge in [-0.1, -0.05) is 0 Å². The minimum Gasteiger partial charge on any atom is -0.463 e. The summed E-state index contributed by atoms with van der Waals surface area (Å²) >= 11 is 0. The van der Waals surface area contributed by atoms with E-state index in [0.29, 0.717) is 16.7 Å². The zero-order chi connectivity index (χ0) is 21.3. The number of ether oxygens (including phenoxy) is 4. The number of carbonyl (C=O) groups is 3. The summed E-state index contributed by atoms with van der Waals surface area (Å²) in [6, 6.07) is 0. The average Bonchev–Trinajstić information content (AvgIpc) is 3.11. The van der Waals surface area contributed by atoms with Crippen molar-refractivity contribution in [3.8, 4) is 0 Å². The van der Waals surface area contributed by atoms with Crippen molar-refractivity contribution in [3.05, 3.63) is 12.0 Å². The van der Waals surface area contributed by atoms with Crippen LogP contribution < -0.4 is 5.73 Å². The van der Waals surface area contributed by atoms with Gasteiger partial charge in [0.15, 0.2) is 24.1 Å². The molecule has 4 atom stereocenters. The van der Waals surface area contributed by atoms with E-state index in [9.17, 15) is 14.4 Å². The van der Waals surface area contributed by atoms with Crippen LogP contribution in [0.3, 0.4) is 0 Å². The maximum Gasteiger partial charge on any atom is 0.303 e. The van der Waals surface area contributed by atoms with Crippen molar-refractivity contribution in [2.45, 2.75) is 52.2 Å². The molecular weight excluding hydrogens is 386 g/mol. The van der Waals surface area contributed by atoms with E-state index in [1.165, 1.54) is 31.8 Å². The minimum atomic E-state index is -1.06. The number of rotatable bonds is 5. The molecular formula is C17H21N5O7. The molecule has 3 heterocycles. The topological polar surface area (TPSA) is 158 Å². The number of nitrogens with two attached hydrogens (primary N) is 1. The van der Waals surface area contributed by atoms with Crippen LogP contribution in [0.25, 0.3) is 11.0 Å². The lowest BCUT2D eigenvalue weighted by Gasteiger charge is -2.23. The quantitative estimate of drug-likeness (QED) is 0.527. The van der Waals surface area contributed by atoms with Gasteiger partial charge in [-0.15, -0.1) is 0 Å². The first kappa shape index (κ1) is 20.5. The Morgan fingerprint density at radius 2 is 1.76 bits per heavy atom. The Hall–Kier alpha value is -3.28. The van der Waals surface area contributed by atoms with Crippen molar-refractivity contribution in [1.82, 2.24) is 19.7 Å². The van der Waals surface area contributed by atoms with E-state index in [-0.39, 0.29) is 12.4 Å². The second-order valence-corrected chi connectivity index (χ2v) is 6.50. The number of aryl methyl sites for hydroxylation is 1. The van der Waals surface area contributed by atoms with Crippen molar-refractivity contribution in [2.75, 3.05) is 12.3 Å². The van der Waals surface area contributed by atoms with Crippen molar-refractivity contribution < 1.29 is 33.3 Å². The number of nitrogens with zero attached hydrogens (tertiary/aromatic N) is 4. The Morgan fingerprint density at radius 3 is 2.38 bits per heavy atom. The molecule has 1 aliphatic rings. The summed E-state index contributed by atoms with van der Waals surface area (Å²) in [5.74, 6) is -1.54. The highest BCUT2D eigenvalue weighted by atomic mass is 16.7. The Labute approximate surface area is 165 Å². The molecule has 0 unspecified atom stereocenters. The zero-order valence-electron chi connectivity index (χ0n) is 16.3. The highest BCUT2D eigenvalue weighted by Gasteiger charge is 2.51. The van der Waals surface area contributed by atoms with Crippen LogP contribution in [0.1, 0.15) is 32.7 Å². The monoisotopic (exact) mass is 407 g/mol. The summed E-state index contributed by atoms with van der Waals surface area (Å²) in [5.41, 5.74) is 6.82. The number of hydrogen-bond donors (Lipinski definition) is 1. The molecule has 1 fully saturated rings. The van der Waals surface area contributed by atoms with Gasteiger partial charge in [0.2, 0.25) is 0 Å². The molecule has 0 saturated carbocycles. The van der Waals surface area contributed by atoms with Crippen LogP contribution in [0.4, 0.5) is 5.82 Å². The third-order valence-corrected chi connectivity index (χ3v) is 4.27. The highest BCUT2D eigenvalue weighted by molar-refractivity contribution is 5.87. The van der Waals surface area contributed by atoms with Gasteiger partial charge >= 0.3 is 17.9 Å². The van der Waals surface area contributed by atoms with Gasteiger partial charge in [-0.05, 0) is 6.92 Å². The molecule has 12 heteroatoms. The zero-order valence-corrected chi connectivity index (χ0v) is 16.3. The van der Waals surface area contributed by atoms with Gasteiger partial charge in [-0.25, -0.2) is 14.6 Å². The molecule has 2 aromatic rings. The molecule has 0 aliphatic carbocycles. The minimum absolute atomic E-state index is 0.211. The van der Waals surface area contributed by atoms with Gasteiger partial charge in [0.25, 0.3) is 0 Å². The van der Waals surface area contributed by atoms with Crippen molar-refractivity contribution in [2.24, 2.45) is 0 Å². The molecule has 0 bridgehead atoms. The molecule has 0 amide bonds. The van der Waals surface area contributed by atoms with E-state index in [1.54, 1.807) is 6.92 Å². The Kier molecular flexibility index (Phi) is 5.64. The smallest absolute Gasteiger partial charge is 0.303 e. The first-order valence-electron chi connectivity index (χ1n) is 8.77. The molecule has 0 radical (unpaired) electrons. The van der Waals surface area contributed by atoms with Crippen molar-refractivity contribution in [3.63, 3.8) is 0 Å². The summed E-state index contributed by atoms with van der Waals surface area (Å²) in [6.45, 7) is 5.17. The normalized spacial score (nSPS) is 23.7. The molecule has 1 aliphatic heterocycles. The second-order valence-electron chi connectivity index (χ2n) is 6.50. The van der Waals surface area contributed by atoms with Gasteiger partial charge in [-0.2, -0.15) is 5.10 Å². The molecule has 29 heavy (non-hydrogen) atoms. The SMILES string of the molecule is CC(=O)OC[C@H]1O[C@@H](n2nc(C)c3c(N)ncnc32)[C@H](OC(C)=O)[C@@H]1OC(C)=O. The summed E-state index contributed by atoms with van der Waals surface area (Å²) < 4.78 is 23.1.